The molecule has 1 atom stereocenters. The van der Waals surface area contributed by atoms with Gasteiger partial charge in [-0.3, -0.25) is 19.3 Å². The number of hydrogen-bond acceptors (Lipinski definition) is 6. The first kappa shape index (κ1) is 22.4. The second-order valence-electron chi connectivity index (χ2n) is 6.73. The Hall–Kier alpha value is -2.87. The molecule has 1 saturated heterocycles. The summed E-state index contributed by atoms with van der Waals surface area (Å²) in [6.07, 6.45) is 3.29. The molecule has 29 heavy (non-hydrogen) atoms. The molecule has 0 aromatic heterocycles. The van der Waals surface area contributed by atoms with Crippen LogP contribution < -0.4 is 15.4 Å². The molecule has 1 aliphatic rings. The number of benzene rings is 1. The van der Waals surface area contributed by atoms with Gasteiger partial charge in [-0.15, -0.1) is 0 Å². The molecule has 158 valence electrons. The Labute approximate surface area is 171 Å². The number of carbonyl (C=O) groups excluding carboxylic acids is 3. The highest BCUT2D eigenvalue weighted by molar-refractivity contribution is 5.93. The van der Waals surface area contributed by atoms with Gasteiger partial charge in [-0.1, -0.05) is 26.0 Å². The first-order valence-electron chi connectivity index (χ1n) is 9.84. The second kappa shape index (κ2) is 11.9. The number of nitrogens with zero attached hydrogens (tertiary/aromatic N) is 1. The Bertz CT molecular complexity index is 705. The van der Waals surface area contributed by atoms with Gasteiger partial charge in [0.1, 0.15) is 18.4 Å². The number of esters is 1. The van der Waals surface area contributed by atoms with Gasteiger partial charge in [0.2, 0.25) is 11.8 Å². The minimum Gasteiger partial charge on any atom is -0.490 e. The SMILES string of the molecule is C=CCOc1ccc(NC(=O)CN2CCNC(=O)C2CC(=O)OCCCC)cc1. The Kier molecular flexibility index (Phi) is 9.17. The molecule has 1 aliphatic heterocycles. The predicted molar refractivity (Wildman–Crippen MR) is 110 cm³/mol. The summed E-state index contributed by atoms with van der Waals surface area (Å²) in [5, 5.41) is 5.54. The fourth-order valence-corrected chi connectivity index (χ4v) is 2.89. The van der Waals surface area contributed by atoms with Crippen LogP contribution in [0.4, 0.5) is 5.69 Å². The van der Waals surface area contributed by atoms with Crippen molar-refractivity contribution in [2.24, 2.45) is 0 Å². The van der Waals surface area contributed by atoms with E-state index in [1.807, 2.05) is 6.92 Å². The van der Waals surface area contributed by atoms with E-state index in [9.17, 15) is 14.4 Å². The summed E-state index contributed by atoms with van der Waals surface area (Å²) in [5.41, 5.74) is 0.623. The Morgan fingerprint density at radius 1 is 1.34 bits per heavy atom. The molecule has 0 aliphatic carbocycles. The zero-order valence-electron chi connectivity index (χ0n) is 16.8. The fourth-order valence-electron chi connectivity index (χ4n) is 2.89. The topological polar surface area (TPSA) is 97.0 Å². The molecule has 1 aromatic rings. The van der Waals surface area contributed by atoms with Gasteiger partial charge in [-0.25, -0.2) is 0 Å². The van der Waals surface area contributed by atoms with E-state index in [0.717, 1.165) is 12.8 Å². The number of hydrogen-bond donors (Lipinski definition) is 2. The first-order valence-corrected chi connectivity index (χ1v) is 9.84. The van der Waals surface area contributed by atoms with Crippen LogP contribution in [0.2, 0.25) is 0 Å². The standard InChI is InChI=1S/C21H29N3O5/c1-3-5-13-29-20(26)14-18-21(27)22-10-11-24(18)15-19(25)23-16-6-8-17(9-7-16)28-12-4-2/h4,6-9,18H,2-3,5,10-15H2,1H3,(H,22,27)(H,23,25). The monoisotopic (exact) mass is 403 g/mol. The Balaban J connectivity index is 1.89. The molecule has 1 heterocycles. The summed E-state index contributed by atoms with van der Waals surface area (Å²) in [4.78, 5) is 38.4. The minimum absolute atomic E-state index is 0.00897. The maximum atomic E-state index is 12.4. The van der Waals surface area contributed by atoms with E-state index in [1.165, 1.54) is 0 Å². The number of unbranched alkanes of at least 4 members (excludes halogenated alkanes) is 1. The summed E-state index contributed by atoms with van der Waals surface area (Å²) < 4.78 is 10.6. The largest absolute Gasteiger partial charge is 0.490 e. The minimum atomic E-state index is -0.710. The number of carbonyl (C=O) groups is 3. The van der Waals surface area contributed by atoms with E-state index < -0.39 is 12.0 Å². The van der Waals surface area contributed by atoms with Gasteiger partial charge in [0, 0.05) is 18.8 Å². The van der Waals surface area contributed by atoms with Gasteiger partial charge in [-0.05, 0) is 30.7 Å². The number of rotatable bonds is 11. The van der Waals surface area contributed by atoms with Gasteiger partial charge < -0.3 is 20.1 Å². The van der Waals surface area contributed by atoms with E-state index in [1.54, 1.807) is 35.2 Å². The van der Waals surface area contributed by atoms with Crippen molar-refractivity contribution in [2.75, 3.05) is 38.2 Å². The highest BCUT2D eigenvalue weighted by atomic mass is 16.5. The number of anilines is 1. The molecule has 1 aromatic carbocycles. The summed E-state index contributed by atoms with van der Waals surface area (Å²) in [6, 6.07) is 6.27. The third-order valence-electron chi connectivity index (χ3n) is 4.42. The zero-order valence-corrected chi connectivity index (χ0v) is 16.8. The Morgan fingerprint density at radius 3 is 2.79 bits per heavy atom. The third kappa shape index (κ3) is 7.57. The lowest BCUT2D eigenvalue weighted by Crippen LogP contribution is -2.57. The first-order chi connectivity index (χ1) is 14.0. The normalized spacial score (nSPS) is 16.6. The van der Waals surface area contributed by atoms with Crippen molar-refractivity contribution < 1.29 is 23.9 Å². The van der Waals surface area contributed by atoms with Crippen molar-refractivity contribution in [3.8, 4) is 5.75 Å². The van der Waals surface area contributed by atoms with Gasteiger partial charge in [0.25, 0.3) is 0 Å². The maximum Gasteiger partial charge on any atom is 0.307 e. The lowest BCUT2D eigenvalue weighted by atomic mass is 10.1. The van der Waals surface area contributed by atoms with Crippen LogP contribution in [0.15, 0.2) is 36.9 Å². The molecular formula is C21H29N3O5. The van der Waals surface area contributed by atoms with Crippen LogP contribution in [-0.2, 0) is 19.1 Å². The van der Waals surface area contributed by atoms with Crippen molar-refractivity contribution in [1.82, 2.24) is 10.2 Å². The van der Waals surface area contributed by atoms with Crippen molar-refractivity contribution in [3.05, 3.63) is 36.9 Å². The highest BCUT2D eigenvalue weighted by Crippen LogP contribution is 2.16. The van der Waals surface area contributed by atoms with Crippen LogP contribution in [0.5, 0.6) is 5.75 Å². The van der Waals surface area contributed by atoms with Gasteiger partial charge in [-0.2, -0.15) is 0 Å². The Morgan fingerprint density at radius 2 is 2.10 bits per heavy atom. The van der Waals surface area contributed by atoms with E-state index in [0.29, 0.717) is 37.7 Å². The third-order valence-corrected chi connectivity index (χ3v) is 4.42. The molecule has 0 bridgehead atoms. The molecule has 8 nitrogen and oxygen atoms in total. The number of piperazine rings is 1. The van der Waals surface area contributed by atoms with Crippen LogP contribution in [0.1, 0.15) is 26.2 Å². The van der Waals surface area contributed by atoms with Gasteiger partial charge >= 0.3 is 5.97 Å². The highest BCUT2D eigenvalue weighted by Gasteiger charge is 2.33. The van der Waals surface area contributed by atoms with Crippen LogP contribution in [0.25, 0.3) is 0 Å². The van der Waals surface area contributed by atoms with Crippen molar-refractivity contribution >= 4 is 23.5 Å². The van der Waals surface area contributed by atoms with Crippen LogP contribution in [0.3, 0.4) is 0 Å². The average molecular weight is 403 g/mol. The van der Waals surface area contributed by atoms with Crippen LogP contribution in [-0.4, -0.2) is 61.6 Å². The number of ether oxygens (including phenoxy) is 2. The van der Waals surface area contributed by atoms with E-state index in [-0.39, 0.29) is 24.8 Å². The van der Waals surface area contributed by atoms with Crippen LogP contribution in [0, 0.1) is 0 Å². The number of nitrogens with one attached hydrogen (secondary N) is 2. The summed E-state index contributed by atoms with van der Waals surface area (Å²) in [6.45, 7) is 7.28. The van der Waals surface area contributed by atoms with Crippen molar-refractivity contribution in [2.45, 2.75) is 32.2 Å². The molecule has 1 fully saturated rings. The van der Waals surface area contributed by atoms with E-state index >= 15 is 0 Å². The maximum absolute atomic E-state index is 12.4. The van der Waals surface area contributed by atoms with Gasteiger partial charge in [0.15, 0.2) is 0 Å². The average Bonchev–Trinajstić information content (AvgIpc) is 2.70. The zero-order chi connectivity index (χ0) is 21.1. The molecule has 0 spiro atoms. The van der Waals surface area contributed by atoms with Crippen LogP contribution >= 0.6 is 0 Å². The molecule has 0 saturated carbocycles. The van der Waals surface area contributed by atoms with E-state index in [2.05, 4.69) is 17.2 Å². The lowest BCUT2D eigenvalue weighted by molar-refractivity contribution is -0.149. The van der Waals surface area contributed by atoms with E-state index in [4.69, 9.17) is 9.47 Å². The molecule has 2 amide bonds. The summed E-state index contributed by atoms with van der Waals surface area (Å²) in [5.74, 6) is -0.276. The smallest absolute Gasteiger partial charge is 0.307 e. The molecule has 1 unspecified atom stereocenters. The van der Waals surface area contributed by atoms with Gasteiger partial charge in [0.05, 0.1) is 19.6 Å². The molecule has 2 N–H and O–H groups in total. The predicted octanol–water partition coefficient (Wildman–Crippen LogP) is 1.72. The lowest BCUT2D eigenvalue weighted by Gasteiger charge is -2.33. The summed E-state index contributed by atoms with van der Waals surface area (Å²) >= 11 is 0. The molecule has 0 radical (unpaired) electrons. The fraction of sp³-hybridized carbons (Fsp3) is 0.476. The number of amides is 2. The quantitative estimate of drug-likeness (QED) is 0.332. The summed E-state index contributed by atoms with van der Waals surface area (Å²) in [7, 11) is 0. The molecule has 8 heteroatoms. The van der Waals surface area contributed by atoms with Crippen molar-refractivity contribution in [3.63, 3.8) is 0 Å². The van der Waals surface area contributed by atoms with Crippen molar-refractivity contribution in [1.29, 1.82) is 0 Å². The molecule has 2 rings (SSSR count). The molecular weight excluding hydrogens is 374 g/mol. The second-order valence-corrected chi connectivity index (χ2v) is 6.73.